The first kappa shape index (κ1) is 15.5. The minimum absolute atomic E-state index is 0.128. The zero-order chi connectivity index (χ0) is 15.6. The van der Waals surface area contributed by atoms with Crippen LogP contribution in [-0.2, 0) is 0 Å². The molecule has 0 saturated carbocycles. The Kier molecular flexibility index (Phi) is 4.66. The number of anilines is 2. The molecule has 116 valence electrons. The minimum Gasteiger partial charge on any atom is -0.397 e. The van der Waals surface area contributed by atoms with Crippen molar-refractivity contribution in [2.75, 3.05) is 51.4 Å². The van der Waals surface area contributed by atoms with Gasteiger partial charge in [0.1, 0.15) is 9.88 Å². The average molecular weight is 312 g/mol. The van der Waals surface area contributed by atoms with Crippen LogP contribution < -0.4 is 22.2 Å². The number of carbonyl (C=O) groups is 2. The molecule has 0 aliphatic carbocycles. The quantitative estimate of drug-likeness (QED) is 0.588. The Hall–Kier alpha value is -1.84. The van der Waals surface area contributed by atoms with Crippen LogP contribution in [0.3, 0.4) is 0 Å². The molecule has 2 rings (SSSR count). The lowest BCUT2D eigenvalue weighted by Crippen LogP contribution is -2.47. The molecule has 9 heteroatoms. The van der Waals surface area contributed by atoms with Crippen LogP contribution >= 0.6 is 11.3 Å². The number of thiophene rings is 1. The number of likely N-dealkylation sites (N-methyl/N-ethyl adjacent to an activating group) is 1. The van der Waals surface area contributed by atoms with Gasteiger partial charge in [-0.25, -0.2) is 5.01 Å². The molecule has 0 atom stereocenters. The summed E-state index contributed by atoms with van der Waals surface area (Å²) in [4.78, 5) is 25.9. The second kappa shape index (κ2) is 6.29. The Morgan fingerprint density at radius 2 is 1.86 bits per heavy atom. The third kappa shape index (κ3) is 3.26. The van der Waals surface area contributed by atoms with Crippen molar-refractivity contribution >= 4 is 33.8 Å². The van der Waals surface area contributed by atoms with Gasteiger partial charge in [0.05, 0.1) is 11.3 Å². The number of primary amides is 1. The fourth-order valence-electron chi connectivity index (χ4n) is 2.11. The van der Waals surface area contributed by atoms with E-state index in [1.807, 2.05) is 5.01 Å². The summed E-state index contributed by atoms with van der Waals surface area (Å²) < 4.78 is 0. The minimum atomic E-state index is -0.643. The van der Waals surface area contributed by atoms with Gasteiger partial charge in [0, 0.05) is 33.2 Å². The second-order valence-electron chi connectivity index (χ2n) is 4.89. The van der Waals surface area contributed by atoms with Crippen molar-refractivity contribution in [3.8, 4) is 0 Å². The van der Waals surface area contributed by atoms with Crippen LogP contribution in [0, 0.1) is 0 Å². The monoisotopic (exact) mass is 312 g/mol. The summed E-state index contributed by atoms with van der Waals surface area (Å²) in [6.45, 7) is 3.45. The third-order valence-electron chi connectivity index (χ3n) is 3.39. The lowest BCUT2D eigenvalue weighted by Gasteiger charge is -2.32. The molecular weight excluding hydrogens is 292 g/mol. The van der Waals surface area contributed by atoms with E-state index in [4.69, 9.17) is 11.5 Å². The molecular formula is C12H20N6O2S. The molecule has 21 heavy (non-hydrogen) atoms. The molecule has 0 aromatic carbocycles. The molecule has 8 nitrogen and oxygen atoms in total. The van der Waals surface area contributed by atoms with E-state index < -0.39 is 5.91 Å². The van der Waals surface area contributed by atoms with Gasteiger partial charge in [-0.2, -0.15) is 0 Å². The molecule has 6 N–H and O–H groups in total. The summed E-state index contributed by atoms with van der Waals surface area (Å²) in [5, 5.41) is 5.01. The first-order valence-electron chi connectivity index (χ1n) is 6.58. The summed E-state index contributed by atoms with van der Waals surface area (Å²) in [5.41, 5.74) is 14.7. The van der Waals surface area contributed by atoms with Crippen molar-refractivity contribution in [2.24, 2.45) is 5.73 Å². The number of amides is 2. The van der Waals surface area contributed by atoms with Crippen molar-refractivity contribution in [1.82, 2.24) is 15.2 Å². The maximum Gasteiger partial charge on any atom is 0.263 e. The molecule has 1 aromatic rings. The highest BCUT2D eigenvalue weighted by Crippen LogP contribution is 2.35. The standard InChI is InChI=1S/C12H20N6O2S/c1-15-11(20)9-8(13)7(10(14)19)12(21-9)16-18-5-3-17(2)4-6-18/h16H,3-6,13H2,1-2H3,(H2,14,19)(H,15,20). The van der Waals surface area contributed by atoms with Crippen molar-refractivity contribution in [3.05, 3.63) is 10.4 Å². The number of piperazine rings is 1. The van der Waals surface area contributed by atoms with Crippen LogP contribution in [0.2, 0.25) is 0 Å². The Balaban J connectivity index is 2.25. The zero-order valence-corrected chi connectivity index (χ0v) is 12.9. The Bertz CT molecular complexity index is 550. The van der Waals surface area contributed by atoms with E-state index in [0.29, 0.717) is 9.88 Å². The number of hydrogen-bond donors (Lipinski definition) is 4. The summed E-state index contributed by atoms with van der Waals surface area (Å²) in [5.74, 6) is -0.970. The zero-order valence-electron chi connectivity index (χ0n) is 12.1. The van der Waals surface area contributed by atoms with Gasteiger partial charge in [0.2, 0.25) is 0 Å². The van der Waals surface area contributed by atoms with Gasteiger partial charge in [-0.1, -0.05) is 0 Å². The van der Waals surface area contributed by atoms with Crippen LogP contribution in [0.5, 0.6) is 0 Å². The van der Waals surface area contributed by atoms with Crippen LogP contribution in [0.25, 0.3) is 0 Å². The van der Waals surface area contributed by atoms with Gasteiger partial charge >= 0.3 is 0 Å². The van der Waals surface area contributed by atoms with E-state index >= 15 is 0 Å². The lowest BCUT2D eigenvalue weighted by atomic mass is 10.2. The number of hydrogen-bond acceptors (Lipinski definition) is 7. The summed E-state index contributed by atoms with van der Waals surface area (Å²) in [6, 6.07) is 0. The maximum absolute atomic E-state index is 11.8. The molecule has 2 heterocycles. The lowest BCUT2D eigenvalue weighted by molar-refractivity contribution is 0.0967. The van der Waals surface area contributed by atoms with E-state index in [9.17, 15) is 9.59 Å². The first-order valence-corrected chi connectivity index (χ1v) is 7.40. The predicted molar refractivity (Wildman–Crippen MR) is 83.3 cm³/mol. The molecule has 1 aliphatic rings. The van der Waals surface area contributed by atoms with Crippen LogP contribution in [0.1, 0.15) is 20.0 Å². The Morgan fingerprint density at radius 1 is 1.24 bits per heavy atom. The number of nitrogens with zero attached hydrogens (tertiary/aromatic N) is 2. The van der Waals surface area contributed by atoms with Crippen molar-refractivity contribution in [3.63, 3.8) is 0 Å². The molecule has 1 fully saturated rings. The molecule has 0 radical (unpaired) electrons. The maximum atomic E-state index is 11.8. The highest BCUT2D eigenvalue weighted by Gasteiger charge is 2.25. The van der Waals surface area contributed by atoms with Crippen molar-refractivity contribution in [2.45, 2.75) is 0 Å². The van der Waals surface area contributed by atoms with E-state index in [2.05, 4.69) is 22.7 Å². The predicted octanol–water partition coefficient (Wildman–Crippen LogP) is -0.637. The Morgan fingerprint density at radius 3 is 2.38 bits per heavy atom. The van der Waals surface area contributed by atoms with E-state index in [1.165, 1.54) is 7.05 Å². The number of nitrogens with one attached hydrogen (secondary N) is 2. The second-order valence-corrected chi connectivity index (χ2v) is 5.92. The summed E-state index contributed by atoms with van der Waals surface area (Å²) >= 11 is 1.14. The topological polar surface area (TPSA) is 117 Å². The third-order valence-corrected chi connectivity index (χ3v) is 4.50. The number of carbonyl (C=O) groups excluding carboxylic acids is 2. The molecule has 0 spiro atoms. The van der Waals surface area contributed by atoms with E-state index in [1.54, 1.807) is 0 Å². The van der Waals surface area contributed by atoms with Crippen molar-refractivity contribution < 1.29 is 9.59 Å². The van der Waals surface area contributed by atoms with E-state index in [0.717, 1.165) is 37.5 Å². The molecule has 0 bridgehead atoms. The van der Waals surface area contributed by atoms with Crippen LogP contribution in [-0.4, -0.2) is 62.0 Å². The van der Waals surface area contributed by atoms with Gasteiger partial charge < -0.3 is 27.1 Å². The van der Waals surface area contributed by atoms with Gasteiger partial charge in [0.25, 0.3) is 11.8 Å². The van der Waals surface area contributed by atoms with Crippen molar-refractivity contribution in [1.29, 1.82) is 0 Å². The number of rotatable bonds is 4. The highest BCUT2D eigenvalue weighted by molar-refractivity contribution is 7.19. The molecule has 1 aromatic heterocycles. The fraction of sp³-hybridized carbons (Fsp3) is 0.500. The fourth-order valence-corrected chi connectivity index (χ4v) is 3.21. The van der Waals surface area contributed by atoms with E-state index in [-0.39, 0.29) is 17.2 Å². The number of nitrogen functional groups attached to an aromatic ring is 1. The van der Waals surface area contributed by atoms with Gasteiger partial charge in [0.15, 0.2) is 0 Å². The molecule has 2 amide bonds. The largest absolute Gasteiger partial charge is 0.397 e. The van der Waals surface area contributed by atoms with Crippen LogP contribution in [0.4, 0.5) is 10.7 Å². The summed E-state index contributed by atoms with van der Waals surface area (Å²) in [7, 11) is 3.57. The average Bonchev–Trinajstić information content (AvgIpc) is 2.77. The summed E-state index contributed by atoms with van der Waals surface area (Å²) in [6.07, 6.45) is 0. The Labute approximate surface area is 127 Å². The number of nitrogens with two attached hydrogens (primary N) is 2. The van der Waals surface area contributed by atoms with Crippen LogP contribution in [0.15, 0.2) is 0 Å². The van der Waals surface area contributed by atoms with Gasteiger partial charge in [-0.05, 0) is 7.05 Å². The molecule has 1 saturated heterocycles. The normalized spacial score (nSPS) is 16.7. The SMILES string of the molecule is CNC(=O)c1sc(NN2CCN(C)CC2)c(C(N)=O)c1N. The smallest absolute Gasteiger partial charge is 0.263 e. The highest BCUT2D eigenvalue weighted by atomic mass is 32.1. The van der Waals surface area contributed by atoms with Gasteiger partial charge in [-0.15, -0.1) is 11.3 Å². The number of hydrazine groups is 1. The van der Waals surface area contributed by atoms with Gasteiger partial charge in [-0.3, -0.25) is 9.59 Å². The molecule has 0 unspecified atom stereocenters. The molecule has 1 aliphatic heterocycles. The first-order chi connectivity index (χ1) is 9.93.